The van der Waals surface area contributed by atoms with Crippen molar-refractivity contribution in [1.29, 1.82) is 0 Å². The lowest BCUT2D eigenvalue weighted by Gasteiger charge is -2.26. The summed E-state index contributed by atoms with van der Waals surface area (Å²) in [5, 5.41) is 7.70. The molecule has 2 unspecified atom stereocenters. The number of hydrogen-bond donors (Lipinski definition) is 0. The lowest BCUT2D eigenvalue weighted by atomic mass is 9.77. The summed E-state index contributed by atoms with van der Waals surface area (Å²) in [5.41, 5.74) is 7.37. The van der Waals surface area contributed by atoms with Crippen molar-refractivity contribution in [3.8, 4) is 32.9 Å². The van der Waals surface area contributed by atoms with Gasteiger partial charge < -0.3 is 4.42 Å². The van der Waals surface area contributed by atoms with Gasteiger partial charge in [0.05, 0.1) is 4.88 Å². The highest BCUT2D eigenvalue weighted by molar-refractivity contribution is 7.13. The number of furan rings is 1. The summed E-state index contributed by atoms with van der Waals surface area (Å²) in [7, 11) is 0. The van der Waals surface area contributed by atoms with Crippen LogP contribution in [0.1, 0.15) is 18.4 Å². The summed E-state index contributed by atoms with van der Waals surface area (Å²) in [6.45, 7) is 2.37. The number of hydrogen-bond acceptors (Lipinski definition) is 2. The third kappa shape index (κ3) is 4.36. The Hall–Kier alpha value is -5.18. The minimum absolute atomic E-state index is 0.245. The monoisotopic (exact) mass is 594 g/mol. The molecule has 0 aliphatic heterocycles. The molecule has 214 valence electrons. The van der Waals surface area contributed by atoms with Crippen molar-refractivity contribution in [2.75, 3.05) is 0 Å². The number of benzene rings is 6. The van der Waals surface area contributed by atoms with Crippen LogP contribution >= 0.6 is 11.3 Å². The average Bonchev–Trinajstić information content (AvgIpc) is 3.71. The predicted octanol–water partition coefficient (Wildman–Crippen LogP) is 10.8. The number of thiophene rings is 1. The smallest absolute Gasteiger partial charge is 0.145 e. The van der Waals surface area contributed by atoms with E-state index >= 15 is 0 Å². The minimum Gasteiger partial charge on any atom is -0.455 e. The normalized spacial score (nSPS) is 16.0. The molecule has 0 bridgehead atoms. The van der Waals surface area contributed by atoms with E-state index in [-0.39, 0.29) is 5.92 Å². The molecule has 2 heteroatoms. The second kappa shape index (κ2) is 10.5. The van der Waals surface area contributed by atoms with Gasteiger partial charge in [-0.15, -0.1) is 11.3 Å². The van der Waals surface area contributed by atoms with Crippen LogP contribution < -0.4 is 9.75 Å². The van der Waals surface area contributed by atoms with Crippen LogP contribution in [0, 0.1) is 5.92 Å². The molecular formula is C43H30OS. The molecule has 0 radical (unpaired) electrons. The lowest BCUT2D eigenvalue weighted by Crippen LogP contribution is -2.27. The summed E-state index contributed by atoms with van der Waals surface area (Å²) in [6, 6.07) is 50.4. The van der Waals surface area contributed by atoms with Crippen molar-refractivity contribution in [3.63, 3.8) is 0 Å². The topological polar surface area (TPSA) is 13.1 Å². The van der Waals surface area contributed by atoms with Gasteiger partial charge in [-0.2, -0.15) is 0 Å². The Bertz CT molecular complexity index is 2420. The van der Waals surface area contributed by atoms with Gasteiger partial charge in [0.15, 0.2) is 0 Å². The van der Waals surface area contributed by atoms with Gasteiger partial charge in [-0.1, -0.05) is 134 Å². The van der Waals surface area contributed by atoms with Gasteiger partial charge in [-0.3, -0.25) is 0 Å². The summed E-state index contributed by atoms with van der Waals surface area (Å²) >= 11 is 1.83. The zero-order chi connectivity index (χ0) is 29.9. The second-order valence-corrected chi connectivity index (χ2v) is 13.2. The first-order valence-electron chi connectivity index (χ1n) is 15.6. The van der Waals surface area contributed by atoms with E-state index in [1.807, 2.05) is 23.5 Å². The van der Waals surface area contributed by atoms with Crippen LogP contribution in [0.15, 0.2) is 144 Å². The summed E-state index contributed by atoms with van der Waals surface area (Å²) in [5.74, 6) is 1.54. The first kappa shape index (κ1) is 26.2. The molecule has 0 N–H and O–H groups in total. The largest absolute Gasteiger partial charge is 0.455 e. The Morgan fingerprint density at radius 2 is 1.20 bits per heavy atom. The van der Waals surface area contributed by atoms with Gasteiger partial charge in [-0.05, 0) is 84.8 Å². The first-order valence-corrected chi connectivity index (χ1v) is 16.4. The Kier molecular flexibility index (Phi) is 6.11. The summed E-state index contributed by atoms with van der Waals surface area (Å²) in [6.07, 6.45) is 4.98. The van der Waals surface area contributed by atoms with Gasteiger partial charge in [-0.25, -0.2) is 0 Å². The third-order valence-electron chi connectivity index (χ3n) is 9.36. The molecule has 8 aromatic rings. The quantitative estimate of drug-likeness (QED) is 0.185. The molecule has 9 rings (SSSR count). The Labute approximate surface area is 266 Å². The van der Waals surface area contributed by atoms with E-state index in [1.165, 1.54) is 64.0 Å². The molecular weight excluding hydrogens is 565 g/mol. The van der Waals surface area contributed by atoms with Crippen molar-refractivity contribution >= 4 is 56.0 Å². The Balaban J connectivity index is 1.24. The molecule has 0 spiro atoms. The van der Waals surface area contributed by atoms with Crippen LogP contribution in [0.25, 0.3) is 77.6 Å². The summed E-state index contributed by atoms with van der Waals surface area (Å²) < 4.78 is 7.59. The maximum Gasteiger partial charge on any atom is 0.145 e. The van der Waals surface area contributed by atoms with E-state index in [0.717, 1.165) is 16.7 Å². The molecule has 1 nitrogen and oxygen atoms in total. The molecule has 0 amide bonds. The molecule has 2 heterocycles. The number of fused-ring (bicyclic) bond motifs is 4. The molecule has 45 heavy (non-hydrogen) atoms. The van der Waals surface area contributed by atoms with E-state index < -0.39 is 0 Å². The van der Waals surface area contributed by atoms with Crippen LogP contribution in [0.4, 0.5) is 0 Å². The summed E-state index contributed by atoms with van der Waals surface area (Å²) in [4.78, 5) is 1.18. The highest BCUT2D eigenvalue weighted by atomic mass is 32.1. The zero-order valence-corrected chi connectivity index (χ0v) is 25.7. The van der Waals surface area contributed by atoms with Gasteiger partial charge in [0, 0.05) is 15.8 Å². The van der Waals surface area contributed by atoms with Gasteiger partial charge >= 0.3 is 0 Å². The van der Waals surface area contributed by atoms with Crippen molar-refractivity contribution in [2.45, 2.75) is 12.8 Å². The fraction of sp³-hybridized carbons (Fsp3) is 0.0698. The molecule has 2 atom stereocenters. The van der Waals surface area contributed by atoms with Gasteiger partial charge in [0.1, 0.15) is 11.3 Å². The minimum atomic E-state index is 0.245. The van der Waals surface area contributed by atoms with E-state index in [0.29, 0.717) is 5.92 Å². The Morgan fingerprint density at radius 3 is 1.96 bits per heavy atom. The van der Waals surface area contributed by atoms with Crippen LogP contribution in [-0.2, 0) is 0 Å². The van der Waals surface area contributed by atoms with Crippen LogP contribution in [-0.4, -0.2) is 0 Å². The molecule has 1 aliphatic rings. The Morgan fingerprint density at radius 1 is 0.556 bits per heavy atom. The average molecular weight is 595 g/mol. The number of para-hydroxylation sites is 1. The fourth-order valence-corrected chi connectivity index (χ4v) is 8.41. The van der Waals surface area contributed by atoms with Gasteiger partial charge in [0.25, 0.3) is 0 Å². The third-order valence-corrected chi connectivity index (χ3v) is 10.5. The maximum absolute atomic E-state index is 6.26. The highest BCUT2D eigenvalue weighted by Crippen LogP contribution is 2.45. The van der Waals surface area contributed by atoms with Crippen LogP contribution in [0.3, 0.4) is 0 Å². The molecule has 2 aromatic heterocycles. The standard InChI is InChI=1S/C43H30OS/c1-27-22-40-32(26-41(45-40)39-25-30-14-5-10-21-38(30)44-39)24-37(27)43-35-19-8-6-17-33(35)42(34-18-7-9-20-36(34)43)31-16-11-15-29(23-31)28-12-3-2-4-13-28/h2-27,37H,1H3. The van der Waals surface area contributed by atoms with Crippen molar-refractivity contribution in [3.05, 3.63) is 155 Å². The van der Waals surface area contributed by atoms with E-state index in [4.69, 9.17) is 4.42 Å². The number of rotatable bonds is 4. The maximum atomic E-state index is 6.26. The molecule has 1 aliphatic carbocycles. The van der Waals surface area contributed by atoms with E-state index in [9.17, 15) is 0 Å². The fourth-order valence-electron chi connectivity index (χ4n) is 7.26. The zero-order valence-electron chi connectivity index (χ0n) is 24.9. The van der Waals surface area contributed by atoms with Gasteiger partial charge in [0.2, 0.25) is 0 Å². The van der Waals surface area contributed by atoms with Crippen molar-refractivity contribution in [1.82, 2.24) is 0 Å². The van der Waals surface area contributed by atoms with Crippen molar-refractivity contribution in [2.24, 2.45) is 5.92 Å². The SMILES string of the molecule is CC1C=c2sc(-c3cc4ccccc4o3)cc2=CC1c1c2ccccc2c(-c2cccc(-c3ccccc3)c2)c2ccccc12. The van der Waals surface area contributed by atoms with Crippen LogP contribution in [0.5, 0.6) is 0 Å². The molecule has 0 saturated carbocycles. The molecule has 6 aromatic carbocycles. The first-order chi connectivity index (χ1) is 22.2. The molecule has 0 saturated heterocycles. The van der Waals surface area contributed by atoms with E-state index in [1.54, 1.807) is 0 Å². The second-order valence-electron chi connectivity index (χ2n) is 12.1. The van der Waals surface area contributed by atoms with E-state index in [2.05, 4.69) is 146 Å². The van der Waals surface area contributed by atoms with Crippen LogP contribution in [0.2, 0.25) is 0 Å². The predicted molar refractivity (Wildman–Crippen MR) is 192 cm³/mol. The lowest BCUT2D eigenvalue weighted by molar-refractivity contribution is 0.633. The molecule has 0 fully saturated rings. The van der Waals surface area contributed by atoms with Crippen molar-refractivity contribution < 1.29 is 4.42 Å². The highest BCUT2D eigenvalue weighted by Gasteiger charge is 2.25.